The molecule has 0 spiro atoms. The Morgan fingerprint density at radius 3 is 2.46 bits per heavy atom. The zero-order valence-electron chi connectivity index (χ0n) is 19.9. The van der Waals surface area contributed by atoms with Crippen LogP contribution in [0.1, 0.15) is 40.3 Å². The molecule has 5 nitrogen and oxygen atoms in total. The van der Waals surface area contributed by atoms with Crippen molar-refractivity contribution in [2.75, 3.05) is 7.11 Å². The third-order valence-electron chi connectivity index (χ3n) is 6.59. The van der Waals surface area contributed by atoms with Crippen molar-refractivity contribution < 1.29 is 4.74 Å². The number of hydrogen-bond donors (Lipinski definition) is 1. The van der Waals surface area contributed by atoms with Crippen molar-refractivity contribution in [1.29, 1.82) is 0 Å². The lowest BCUT2D eigenvalue weighted by molar-refractivity contribution is 0.310. The second-order valence-corrected chi connectivity index (χ2v) is 9.51. The summed E-state index contributed by atoms with van der Waals surface area (Å²) in [5.74, 6) is 0.835. The molecule has 4 aromatic rings. The van der Waals surface area contributed by atoms with Crippen LogP contribution < -0.4 is 10.1 Å². The molecular weight excluding hydrogens is 476 g/mol. The van der Waals surface area contributed by atoms with Crippen molar-refractivity contribution in [2.45, 2.75) is 32.5 Å². The van der Waals surface area contributed by atoms with E-state index in [1.54, 1.807) is 7.11 Å². The average Bonchev–Trinajstić information content (AvgIpc) is 3.35. The molecule has 2 atom stereocenters. The quantitative estimate of drug-likeness (QED) is 0.312. The molecule has 0 aliphatic carbocycles. The molecule has 2 aromatic carbocycles. The first-order valence-electron chi connectivity index (χ1n) is 11.5. The number of pyridine rings is 1. The van der Waals surface area contributed by atoms with Crippen LogP contribution in [0.15, 0.2) is 79.0 Å². The van der Waals surface area contributed by atoms with Crippen LogP contribution in [0, 0.1) is 13.8 Å². The van der Waals surface area contributed by atoms with Crippen molar-refractivity contribution in [3.05, 3.63) is 112 Å². The first-order valence-corrected chi connectivity index (χ1v) is 12.3. The van der Waals surface area contributed by atoms with Crippen LogP contribution in [0.4, 0.5) is 0 Å². The van der Waals surface area contributed by atoms with Gasteiger partial charge < -0.3 is 19.5 Å². The van der Waals surface area contributed by atoms with E-state index in [1.807, 2.05) is 48.7 Å². The number of nitrogens with zero attached hydrogens (tertiary/aromatic N) is 3. The van der Waals surface area contributed by atoms with Crippen LogP contribution in [0.25, 0.3) is 5.69 Å². The molecule has 0 unspecified atom stereocenters. The number of aryl methyl sites for hydroxylation is 1. The van der Waals surface area contributed by atoms with Gasteiger partial charge in [0.05, 0.1) is 35.6 Å². The lowest BCUT2D eigenvalue weighted by Crippen LogP contribution is -2.29. The predicted molar refractivity (Wildman–Crippen MR) is 144 cm³/mol. The lowest BCUT2D eigenvalue weighted by atomic mass is 9.96. The number of hydrogen-bond acceptors (Lipinski definition) is 3. The van der Waals surface area contributed by atoms with Crippen LogP contribution in [-0.2, 0) is 6.54 Å². The summed E-state index contributed by atoms with van der Waals surface area (Å²) in [5, 5.41) is 4.99. The van der Waals surface area contributed by atoms with Crippen LogP contribution in [0.2, 0.25) is 5.02 Å². The zero-order chi connectivity index (χ0) is 24.5. The van der Waals surface area contributed by atoms with Crippen LogP contribution >= 0.6 is 23.8 Å². The smallest absolute Gasteiger partial charge is 0.170 e. The van der Waals surface area contributed by atoms with Crippen LogP contribution in [0.3, 0.4) is 0 Å². The summed E-state index contributed by atoms with van der Waals surface area (Å²) in [6, 6.07) is 24.2. The van der Waals surface area contributed by atoms with Gasteiger partial charge in [-0.1, -0.05) is 41.9 Å². The normalized spacial score (nSPS) is 17.5. The van der Waals surface area contributed by atoms with E-state index in [1.165, 1.54) is 5.56 Å². The Morgan fingerprint density at radius 2 is 1.77 bits per heavy atom. The molecule has 0 radical (unpaired) electrons. The number of aromatic nitrogens is 2. The second-order valence-electron chi connectivity index (χ2n) is 8.72. The number of thiocarbonyl (C=S) groups is 1. The largest absolute Gasteiger partial charge is 0.497 e. The predicted octanol–water partition coefficient (Wildman–Crippen LogP) is 6.32. The Morgan fingerprint density at radius 1 is 1.03 bits per heavy atom. The maximum absolute atomic E-state index is 6.60. The molecule has 0 bridgehead atoms. The molecule has 1 N–H and O–H groups in total. The Bertz CT molecular complexity index is 1350. The average molecular weight is 503 g/mol. The summed E-state index contributed by atoms with van der Waals surface area (Å²) in [5.41, 5.74) is 6.53. The Hall–Kier alpha value is -3.35. The first-order chi connectivity index (χ1) is 17.0. The Kier molecular flexibility index (Phi) is 6.50. The van der Waals surface area contributed by atoms with E-state index in [0.717, 1.165) is 39.1 Å². The van der Waals surface area contributed by atoms with Gasteiger partial charge in [-0.3, -0.25) is 4.98 Å². The van der Waals surface area contributed by atoms with Gasteiger partial charge in [0.1, 0.15) is 5.75 Å². The van der Waals surface area contributed by atoms with E-state index in [-0.39, 0.29) is 12.1 Å². The van der Waals surface area contributed by atoms with E-state index < -0.39 is 0 Å². The number of benzene rings is 2. The maximum Gasteiger partial charge on any atom is 0.170 e. The molecule has 1 fully saturated rings. The number of halogens is 1. The third kappa shape index (κ3) is 4.40. The van der Waals surface area contributed by atoms with E-state index in [4.69, 9.17) is 28.6 Å². The minimum absolute atomic E-state index is 0.0399. The van der Waals surface area contributed by atoms with Crippen molar-refractivity contribution in [3.63, 3.8) is 0 Å². The summed E-state index contributed by atoms with van der Waals surface area (Å²) < 4.78 is 7.56. The number of para-hydroxylation sites is 1. The molecule has 5 rings (SSSR count). The summed E-state index contributed by atoms with van der Waals surface area (Å²) in [6.07, 6.45) is 1.83. The summed E-state index contributed by atoms with van der Waals surface area (Å²) in [6.45, 7) is 4.93. The third-order valence-corrected chi connectivity index (χ3v) is 7.26. The molecule has 35 heavy (non-hydrogen) atoms. The van der Waals surface area contributed by atoms with E-state index in [2.05, 4.69) is 63.9 Å². The van der Waals surface area contributed by atoms with Crippen molar-refractivity contribution in [1.82, 2.24) is 19.8 Å². The van der Waals surface area contributed by atoms with Crippen molar-refractivity contribution in [3.8, 4) is 11.4 Å². The fraction of sp³-hybridized carbons (Fsp3) is 0.214. The van der Waals surface area contributed by atoms with Gasteiger partial charge in [0.15, 0.2) is 5.11 Å². The Labute approximate surface area is 216 Å². The molecule has 7 heteroatoms. The summed E-state index contributed by atoms with van der Waals surface area (Å²) in [7, 11) is 1.68. The molecule has 3 heterocycles. The molecule has 178 valence electrons. The van der Waals surface area contributed by atoms with Gasteiger partial charge in [0.25, 0.3) is 0 Å². The highest BCUT2D eigenvalue weighted by Crippen LogP contribution is 2.42. The van der Waals surface area contributed by atoms with E-state index in [0.29, 0.717) is 11.7 Å². The number of ether oxygens (including phenoxy) is 1. The topological polar surface area (TPSA) is 42.3 Å². The number of methoxy groups -OCH3 is 1. The highest BCUT2D eigenvalue weighted by Gasteiger charge is 2.41. The summed E-state index contributed by atoms with van der Waals surface area (Å²) >= 11 is 12.5. The highest BCUT2D eigenvalue weighted by molar-refractivity contribution is 7.80. The monoisotopic (exact) mass is 502 g/mol. The minimum atomic E-state index is -0.0813. The first kappa shape index (κ1) is 23.4. The van der Waals surface area contributed by atoms with Crippen LogP contribution in [0.5, 0.6) is 5.75 Å². The summed E-state index contributed by atoms with van der Waals surface area (Å²) in [4.78, 5) is 6.93. The Balaban J connectivity index is 1.60. The van der Waals surface area contributed by atoms with Gasteiger partial charge in [0, 0.05) is 24.1 Å². The fourth-order valence-electron chi connectivity index (χ4n) is 4.93. The van der Waals surface area contributed by atoms with Gasteiger partial charge in [-0.25, -0.2) is 0 Å². The lowest BCUT2D eigenvalue weighted by Gasteiger charge is -2.28. The molecular formula is C28H27ClN4OS. The zero-order valence-corrected chi connectivity index (χ0v) is 21.5. The van der Waals surface area contributed by atoms with Crippen molar-refractivity contribution >= 4 is 28.9 Å². The molecule has 0 amide bonds. The van der Waals surface area contributed by atoms with Gasteiger partial charge in [-0.15, -0.1) is 0 Å². The van der Waals surface area contributed by atoms with Crippen molar-refractivity contribution in [2.24, 2.45) is 0 Å². The van der Waals surface area contributed by atoms with Gasteiger partial charge in [-0.2, -0.15) is 0 Å². The number of nitrogens with one attached hydrogen (secondary N) is 1. The second kappa shape index (κ2) is 9.72. The fourth-order valence-corrected chi connectivity index (χ4v) is 5.46. The molecule has 2 aromatic heterocycles. The molecule has 1 saturated heterocycles. The highest BCUT2D eigenvalue weighted by atomic mass is 35.5. The minimum Gasteiger partial charge on any atom is -0.497 e. The van der Waals surface area contributed by atoms with Crippen LogP contribution in [-0.4, -0.2) is 26.7 Å². The standard InChI is InChI=1S/C28H27ClN4OS/c1-18-16-22(19(2)33(18)25-10-5-4-8-23(25)29)27-26(24-9-6-7-15-30-24)31-28(35)32(27)17-20-11-13-21(34-3)14-12-20/h4-16,26-27H,17H2,1-3H3,(H,31,35)/t26-,27-/m0/s1. The molecule has 1 aliphatic rings. The SMILES string of the molecule is COc1ccc(CN2C(=S)N[C@@H](c3ccccn3)[C@@H]2c2cc(C)n(-c3ccccc3Cl)c2C)cc1. The van der Waals surface area contributed by atoms with Gasteiger partial charge in [0.2, 0.25) is 0 Å². The van der Waals surface area contributed by atoms with E-state index in [9.17, 15) is 0 Å². The number of rotatable bonds is 6. The van der Waals surface area contributed by atoms with Gasteiger partial charge >= 0.3 is 0 Å². The maximum atomic E-state index is 6.60. The van der Waals surface area contributed by atoms with Gasteiger partial charge in [-0.05, 0) is 79.7 Å². The van der Waals surface area contributed by atoms with E-state index >= 15 is 0 Å². The molecule has 1 aliphatic heterocycles. The molecule has 0 saturated carbocycles.